The van der Waals surface area contributed by atoms with Crippen LogP contribution in [0.15, 0.2) is 22.0 Å². The lowest BCUT2D eigenvalue weighted by Gasteiger charge is -1.79. The van der Waals surface area contributed by atoms with Gasteiger partial charge in [-0.2, -0.15) is 0 Å². The first-order chi connectivity index (χ1) is 4.83. The van der Waals surface area contributed by atoms with Gasteiger partial charge in [-0.15, -0.1) is 11.3 Å². The van der Waals surface area contributed by atoms with Crippen molar-refractivity contribution >= 4 is 33.3 Å². The molecule has 0 spiro atoms. The van der Waals surface area contributed by atoms with Gasteiger partial charge in [0.25, 0.3) is 0 Å². The Morgan fingerprint density at radius 1 is 1.70 bits per heavy atom. The van der Waals surface area contributed by atoms with Crippen LogP contribution in [0.2, 0.25) is 0 Å². The molecule has 1 heterocycles. The van der Waals surface area contributed by atoms with E-state index in [-0.39, 0.29) is 0 Å². The molecule has 1 aromatic rings. The Morgan fingerprint density at radius 2 is 2.50 bits per heavy atom. The SMILES string of the molecule is CCC=Cc1cc(Br)cs1. The molecule has 0 aliphatic rings. The lowest BCUT2D eigenvalue weighted by Crippen LogP contribution is -1.55. The molecule has 0 atom stereocenters. The second-order valence-electron chi connectivity index (χ2n) is 1.98. The standard InChI is InChI=1S/C8H9BrS/c1-2-3-4-8-5-7(9)6-10-8/h3-6H,2H2,1H3. The van der Waals surface area contributed by atoms with Crippen LogP contribution in [-0.4, -0.2) is 0 Å². The number of rotatable bonds is 2. The molecular weight excluding hydrogens is 208 g/mol. The second-order valence-corrected chi connectivity index (χ2v) is 3.84. The van der Waals surface area contributed by atoms with Crippen LogP contribution in [0.3, 0.4) is 0 Å². The summed E-state index contributed by atoms with van der Waals surface area (Å²) >= 11 is 5.16. The predicted octanol–water partition coefficient (Wildman–Crippen LogP) is 3.93. The minimum atomic E-state index is 1.11. The summed E-state index contributed by atoms with van der Waals surface area (Å²) in [5.74, 6) is 0. The van der Waals surface area contributed by atoms with Crippen molar-refractivity contribution in [1.29, 1.82) is 0 Å². The maximum absolute atomic E-state index is 3.40. The van der Waals surface area contributed by atoms with Crippen LogP contribution in [0.1, 0.15) is 18.2 Å². The quantitative estimate of drug-likeness (QED) is 0.703. The molecule has 0 aliphatic heterocycles. The molecule has 2 heteroatoms. The number of halogens is 1. The fourth-order valence-electron chi connectivity index (χ4n) is 0.650. The second kappa shape index (κ2) is 3.94. The Bertz CT molecular complexity index is 225. The molecule has 1 rings (SSSR count). The average Bonchev–Trinajstić information content (AvgIpc) is 2.31. The van der Waals surface area contributed by atoms with Crippen LogP contribution in [0.4, 0.5) is 0 Å². The van der Waals surface area contributed by atoms with Gasteiger partial charge in [0.05, 0.1) is 0 Å². The number of hydrogen-bond donors (Lipinski definition) is 0. The van der Waals surface area contributed by atoms with Gasteiger partial charge in [0.2, 0.25) is 0 Å². The van der Waals surface area contributed by atoms with Gasteiger partial charge in [-0.05, 0) is 34.5 Å². The molecule has 0 N–H and O–H groups in total. The molecule has 0 amide bonds. The summed E-state index contributed by atoms with van der Waals surface area (Å²) in [5.41, 5.74) is 0. The van der Waals surface area contributed by atoms with Crippen molar-refractivity contribution in [3.05, 3.63) is 26.9 Å². The minimum Gasteiger partial charge on any atom is -0.143 e. The first-order valence-corrected chi connectivity index (χ1v) is 4.90. The van der Waals surface area contributed by atoms with E-state index in [1.54, 1.807) is 11.3 Å². The van der Waals surface area contributed by atoms with Gasteiger partial charge in [-0.1, -0.05) is 13.0 Å². The van der Waals surface area contributed by atoms with E-state index in [1.165, 1.54) is 9.35 Å². The van der Waals surface area contributed by atoms with Gasteiger partial charge in [-0.3, -0.25) is 0 Å². The van der Waals surface area contributed by atoms with Crippen molar-refractivity contribution in [2.45, 2.75) is 13.3 Å². The summed E-state index contributed by atoms with van der Waals surface area (Å²) in [7, 11) is 0. The monoisotopic (exact) mass is 216 g/mol. The number of hydrogen-bond acceptors (Lipinski definition) is 1. The number of allylic oxidation sites excluding steroid dienone is 1. The molecule has 1 aromatic heterocycles. The Morgan fingerprint density at radius 3 is 3.00 bits per heavy atom. The van der Waals surface area contributed by atoms with Gasteiger partial charge in [0.1, 0.15) is 0 Å². The van der Waals surface area contributed by atoms with Crippen LogP contribution in [-0.2, 0) is 0 Å². The fourth-order valence-corrected chi connectivity index (χ4v) is 2.01. The molecule has 0 nitrogen and oxygen atoms in total. The van der Waals surface area contributed by atoms with E-state index in [1.807, 2.05) is 0 Å². The maximum Gasteiger partial charge on any atom is 0.0288 e. The molecule has 0 fully saturated rings. The van der Waals surface area contributed by atoms with E-state index in [9.17, 15) is 0 Å². The molecule has 0 saturated carbocycles. The molecule has 0 saturated heterocycles. The summed E-state index contributed by atoms with van der Waals surface area (Å²) in [6.07, 6.45) is 5.42. The Kier molecular flexibility index (Phi) is 3.16. The highest BCUT2D eigenvalue weighted by atomic mass is 79.9. The van der Waals surface area contributed by atoms with Crippen molar-refractivity contribution in [2.75, 3.05) is 0 Å². The molecule has 0 aromatic carbocycles. The van der Waals surface area contributed by atoms with E-state index >= 15 is 0 Å². The third-order valence-corrected chi connectivity index (χ3v) is 2.76. The highest BCUT2D eigenvalue weighted by Gasteiger charge is 1.90. The Balaban J connectivity index is 2.67. The smallest absolute Gasteiger partial charge is 0.0288 e. The van der Waals surface area contributed by atoms with Gasteiger partial charge < -0.3 is 0 Å². The summed E-state index contributed by atoms with van der Waals surface area (Å²) in [4.78, 5) is 1.31. The molecule has 10 heavy (non-hydrogen) atoms. The zero-order chi connectivity index (χ0) is 7.40. The molecule has 0 bridgehead atoms. The highest BCUT2D eigenvalue weighted by molar-refractivity contribution is 9.10. The summed E-state index contributed by atoms with van der Waals surface area (Å²) in [6, 6.07) is 2.12. The Labute approximate surface area is 73.7 Å². The van der Waals surface area contributed by atoms with Gasteiger partial charge >= 0.3 is 0 Å². The molecular formula is C8H9BrS. The maximum atomic E-state index is 3.40. The van der Waals surface area contributed by atoms with E-state index in [0.29, 0.717) is 0 Å². The van der Waals surface area contributed by atoms with Crippen molar-refractivity contribution in [3.63, 3.8) is 0 Å². The van der Waals surface area contributed by atoms with Gasteiger partial charge in [-0.25, -0.2) is 0 Å². The number of thiophene rings is 1. The van der Waals surface area contributed by atoms with Crippen molar-refractivity contribution in [1.82, 2.24) is 0 Å². The summed E-state index contributed by atoms with van der Waals surface area (Å²) in [5, 5.41) is 2.09. The van der Waals surface area contributed by atoms with E-state index in [0.717, 1.165) is 6.42 Å². The van der Waals surface area contributed by atoms with E-state index in [2.05, 4.69) is 46.5 Å². The van der Waals surface area contributed by atoms with Crippen LogP contribution >= 0.6 is 27.3 Å². The normalized spacial score (nSPS) is 11.0. The third-order valence-electron chi connectivity index (χ3n) is 1.11. The van der Waals surface area contributed by atoms with E-state index in [4.69, 9.17) is 0 Å². The van der Waals surface area contributed by atoms with Gasteiger partial charge in [0, 0.05) is 14.7 Å². The lowest BCUT2D eigenvalue weighted by molar-refractivity contribution is 1.23. The highest BCUT2D eigenvalue weighted by Crippen LogP contribution is 2.20. The predicted molar refractivity (Wildman–Crippen MR) is 51.3 cm³/mol. The van der Waals surface area contributed by atoms with E-state index < -0.39 is 0 Å². The molecule has 0 radical (unpaired) electrons. The average molecular weight is 217 g/mol. The van der Waals surface area contributed by atoms with Crippen LogP contribution in [0.25, 0.3) is 6.08 Å². The first-order valence-electron chi connectivity index (χ1n) is 3.23. The van der Waals surface area contributed by atoms with Crippen molar-refractivity contribution in [3.8, 4) is 0 Å². The van der Waals surface area contributed by atoms with Gasteiger partial charge in [0.15, 0.2) is 0 Å². The van der Waals surface area contributed by atoms with Crippen molar-refractivity contribution in [2.24, 2.45) is 0 Å². The minimum absolute atomic E-state index is 1.11. The first kappa shape index (κ1) is 8.02. The zero-order valence-corrected chi connectivity index (χ0v) is 8.21. The zero-order valence-electron chi connectivity index (χ0n) is 5.80. The van der Waals surface area contributed by atoms with Crippen LogP contribution < -0.4 is 0 Å². The Hall–Kier alpha value is -0.0800. The van der Waals surface area contributed by atoms with Crippen LogP contribution in [0.5, 0.6) is 0 Å². The lowest BCUT2D eigenvalue weighted by atomic mass is 10.4. The fraction of sp³-hybridized carbons (Fsp3) is 0.250. The van der Waals surface area contributed by atoms with Crippen LogP contribution in [0, 0.1) is 0 Å². The summed E-state index contributed by atoms with van der Waals surface area (Å²) < 4.78 is 1.17. The molecule has 0 aliphatic carbocycles. The third kappa shape index (κ3) is 2.27. The largest absolute Gasteiger partial charge is 0.143 e. The summed E-state index contributed by atoms with van der Waals surface area (Å²) in [6.45, 7) is 2.14. The topological polar surface area (TPSA) is 0 Å². The molecule has 0 unspecified atom stereocenters. The van der Waals surface area contributed by atoms with Crippen molar-refractivity contribution < 1.29 is 0 Å². The molecule has 54 valence electrons.